The first-order chi connectivity index (χ1) is 10.2. The number of carbonyl (C=O) groups is 1. The molecular formula is C16H17NO2S2. The van der Waals surface area contributed by atoms with E-state index in [2.05, 4.69) is 4.98 Å². The Morgan fingerprint density at radius 2 is 2.19 bits per heavy atom. The summed E-state index contributed by atoms with van der Waals surface area (Å²) in [5.74, 6) is 0.0672. The first-order valence-electron chi connectivity index (χ1n) is 7.12. The fraction of sp³-hybridized carbons (Fsp3) is 0.375. The summed E-state index contributed by atoms with van der Waals surface area (Å²) < 4.78 is 0. The van der Waals surface area contributed by atoms with Crippen molar-refractivity contribution in [3.63, 3.8) is 0 Å². The van der Waals surface area contributed by atoms with Crippen LogP contribution in [0.25, 0.3) is 11.3 Å². The number of aromatic nitrogens is 1. The van der Waals surface area contributed by atoms with E-state index in [4.69, 9.17) is 5.11 Å². The van der Waals surface area contributed by atoms with Crippen LogP contribution in [0.2, 0.25) is 0 Å². The van der Waals surface area contributed by atoms with Crippen molar-refractivity contribution in [3.05, 3.63) is 40.2 Å². The van der Waals surface area contributed by atoms with Crippen LogP contribution in [0.15, 0.2) is 29.6 Å². The number of rotatable bonds is 5. The SMILES string of the molecule is O=C(O)c1cccc(-c2csc(CSC3CCCC3)n2)c1. The third kappa shape index (κ3) is 3.66. The van der Waals surface area contributed by atoms with Crippen molar-refractivity contribution in [1.29, 1.82) is 0 Å². The maximum absolute atomic E-state index is 11.0. The summed E-state index contributed by atoms with van der Waals surface area (Å²) in [5.41, 5.74) is 2.07. The van der Waals surface area contributed by atoms with Crippen LogP contribution in [0.4, 0.5) is 0 Å². The van der Waals surface area contributed by atoms with Crippen molar-refractivity contribution in [2.45, 2.75) is 36.7 Å². The van der Waals surface area contributed by atoms with Crippen molar-refractivity contribution in [2.24, 2.45) is 0 Å². The van der Waals surface area contributed by atoms with Gasteiger partial charge in [-0.15, -0.1) is 11.3 Å². The van der Waals surface area contributed by atoms with E-state index < -0.39 is 5.97 Å². The van der Waals surface area contributed by atoms with Crippen LogP contribution in [0.5, 0.6) is 0 Å². The van der Waals surface area contributed by atoms with E-state index in [0.717, 1.165) is 27.3 Å². The molecule has 1 aromatic carbocycles. The Balaban J connectivity index is 1.69. The molecule has 110 valence electrons. The van der Waals surface area contributed by atoms with Gasteiger partial charge in [0.1, 0.15) is 5.01 Å². The number of thioether (sulfide) groups is 1. The average Bonchev–Trinajstić information content (AvgIpc) is 3.17. The van der Waals surface area contributed by atoms with Crippen LogP contribution < -0.4 is 0 Å². The zero-order valence-corrected chi connectivity index (χ0v) is 13.3. The monoisotopic (exact) mass is 319 g/mol. The van der Waals surface area contributed by atoms with Crippen molar-refractivity contribution in [1.82, 2.24) is 4.98 Å². The van der Waals surface area contributed by atoms with Crippen molar-refractivity contribution in [2.75, 3.05) is 0 Å². The Hall–Kier alpha value is -1.33. The number of carboxylic acid groups (broad SMARTS) is 1. The van der Waals surface area contributed by atoms with E-state index >= 15 is 0 Å². The third-order valence-electron chi connectivity index (χ3n) is 3.70. The molecule has 21 heavy (non-hydrogen) atoms. The second-order valence-electron chi connectivity index (χ2n) is 5.23. The van der Waals surface area contributed by atoms with E-state index in [1.807, 2.05) is 23.2 Å². The second-order valence-corrected chi connectivity index (χ2v) is 7.46. The summed E-state index contributed by atoms with van der Waals surface area (Å²) in [6.07, 6.45) is 5.40. The van der Waals surface area contributed by atoms with Gasteiger partial charge in [0.25, 0.3) is 0 Å². The van der Waals surface area contributed by atoms with Crippen molar-refractivity contribution in [3.8, 4) is 11.3 Å². The van der Waals surface area contributed by atoms with E-state index in [1.54, 1.807) is 29.5 Å². The molecule has 2 aromatic rings. The molecule has 3 rings (SSSR count). The molecule has 1 N–H and O–H groups in total. The lowest BCUT2D eigenvalue weighted by Gasteiger charge is -2.05. The van der Waals surface area contributed by atoms with Crippen LogP contribution in [0, 0.1) is 0 Å². The van der Waals surface area contributed by atoms with E-state index in [0.29, 0.717) is 5.56 Å². The quantitative estimate of drug-likeness (QED) is 0.869. The van der Waals surface area contributed by atoms with Gasteiger partial charge < -0.3 is 5.11 Å². The highest BCUT2D eigenvalue weighted by atomic mass is 32.2. The van der Waals surface area contributed by atoms with Gasteiger partial charge in [-0.2, -0.15) is 11.8 Å². The zero-order valence-electron chi connectivity index (χ0n) is 11.6. The van der Waals surface area contributed by atoms with Gasteiger partial charge in [0.2, 0.25) is 0 Å². The molecule has 0 unspecified atom stereocenters. The molecule has 1 heterocycles. The third-order valence-corrected chi connectivity index (χ3v) is 6.12. The van der Waals surface area contributed by atoms with Crippen LogP contribution in [0.1, 0.15) is 41.0 Å². The number of aromatic carboxylic acids is 1. The van der Waals surface area contributed by atoms with Gasteiger partial charge in [-0.25, -0.2) is 9.78 Å². The standard InChI is InChI=1S/C16H17NO2S2/c18-16(19)12-5-3-4-11(8-12)14-9-21-15(17-14)10-20-13-6-1-2-7-13/h3-5,8-9,13H,1-2,6-7,10H2,(H,18,19). The Morgan fingerprint density at radius 3 is 2.95 bits per heavy atom. The molecule has 0 spiro atoms. The molecule has 0 atom stereocenters. The van der Waals surface area contributed by atoms with Gasteiger partial charge in [0.05, 0.1) is 11.3 Å². The first-order valence-corrected chi connectivity index (χ1v) is 9.05. The molecular weight excluding hydrogens is 302 g/mol. The molecule has 0 radical (unpaired) electrons. The summed E-state index contributed by atoms with van der Waals surface area (Å²) in [5, 5.41) is 13.0. The minimum atomic E-state index is -0.899. The Labute approximate surface area is 132 Å². The first kappa shape index (κ1) is 14.6. The van der Waals surface area contributed by atoms with Gasteiger partial charge in [-0.1, -0.05) is 25.0 Å². The fourth-order valence-corrected chi connectivity index (χ4v) is 4.74. The number of nitrogens with zero attached hydrogens (tertiary/aromatic N) is 1. The zero-order chi connectivity index (χ0) is 14.7. The second kappa shape index (κ2) is 6.62. The van der Waals surface area contributed by atoms with E-state index in [9.17, 15) is 4.79 Å². The number of benzene rings is 1. The largest absolute Gasteiger partial charge is 0.478 e. The number of carboxylic acids is 1. The maximum Gasteiger partial charge on any atom is 0.335 e. The lowest BCUT2D eigenvalue weighted by atomic mass is 10.1. The van der Waals surface area contributed by atoms with Crippen molar-refractivity contribution >= 4 is 29.1 Å². The smallest absolute Gasteiger partial charge is 0.335 e. The molecule has 1 aliphatic rings. The summed E-state index contributed by atoms with van der Waals surface area (Å²) >= 11 is 3.67. The molecule has 1 fully saturated rings. The molecule has 1 saturated carbocycles. The summed E-state index contributed by atoms with van der Waals surface area (Å²) in [6.45, 7) is 0. The Bertz CT molecular complexity index is 633. The highest BCUT2D eigenvalue weighted by Gasteiger charge is 2.16. The predicted molar refractivity (Wildman–Crippen MR) is 88.1 cm³/mol. The molecule has 3 nitrogen and oxygen atoms in total. The van der Waals surface area contributed by atoms with Gasteiger partial charge in [-0.3, -0.25) is 0 Å². The summed E-state index contributed by atoms with van der Waals surface area (Å²) in [6, 6.07) is 6.97. The molecule has 0 saturated heterocycles. The molecule has 1 aliphatic carbocycles. The predicted octanol–water partition coefficient (Wildman–Crippen LogP) is 4.68. The fourth-order valence-electron chi connectivity index (χ4n) is 2.57. The Kier molecular flexibility index (Phi) is 4.60. The maximum atomic E-state index is 11.0. The summed E-state index contributed by atoms with van der Waals surface area (Å²) in [7, 11) is 0. The normalized spacial score (nSPS) is 15.4. The minimum Gasteiger partial charge on any atom is -0.478 e. The number of hydrogen-bond acceptors (Lipinski definition) is 4. The molecule has 5 heteroatoms. The van der Waals surface area contributed by atoms with Crippen molar-refractivity contribution < 1.29 is 9.90 Å². The van der Waals surface area contributed by atoms with Gasteiger partial charge >= 0.3 is 5.97 Å². The molecule has 0 bridgehead atoms. The lowest BCUT2D eigenvalue weighted by Crippen LogP contribution is -1.96. The van der Waals surface area contributed by atoms with Crippen LogP contribution >= 0.6 is 23.1 Å². The van der Waals surface area contributed by atoms with Crippen LogP contribution in [-0.4, -0.2) is 21.3 Å². The highest BCUT2D eigenvalue weighted by Crippen LogP contribution is 2.33. The molecule has 1 aromatic heterocycles. The van der Waals surface area contributed by atoms with E-state index in [1.165, 1.54) is 25.7 Å². The van der Waals surface area contributed by atoms with Crippen LogP contribution in [-0.2, 0) is 5.75 Å². The highest BCUT2D eigenvalue weighted by molar-refractivity contribution is 7.99. The van der Waals surface area contributed by atoms with Gasteiger partial charge in [-0.05, 0) is 25.0 Å². The van der Waals surface area contributed by atoms with E-state index in [-0.39, 0.29) is 0 Å². The Morgan fingerprint density at radius 1 is 1.38 bits per heavy atom. The lowest BCUT2D eigenvalue weighted by molar-refractivity contribution is 0.0697. The van der Waals surface area contributed by atoms with Gasteiger partial charge in [0.15, 0.2) is 0 Å². The molecule has 0 amide bonds. The summed E-state index contributed by atoms with van der Waals surface area (Å²) in [4.78, 5) is 15.7. The number of hydrogen-bond donors (Lipinski definition) is 1. The van der Waals surface area contributed by atoms with Crippen LogP contribution in [0.3, 0.4) is 0 Å². The number of thiazole rings is 1. The minimum absolute atomic E-state index is 0.308. The topological polar surface area (TPSA) is 50.2 Å². The molecule has 0 aliphatic heterocycles. The van der Waals surface area contributed by atoms with Gasteiger partial charge in [0, 0.05) is 21.9 Å². The average molecular weight is 319 g/mol.